The summed E-state index contributed by atoms with van der Waals surface area (Å²) in [6.07, 6.45) is 0. The van der Waals surface area contributed by atoms with Gasteiger partial charge in [0, 0.05) is 11.8 Å². The normalized spacial score (nSPS) is 13.2. The fourth-order valence-electron chi connectivity index (χ4n) is 2.56. The summed E-state index contributed by atoms with van der Waals surface area (Å²) in [5.41, 5.74) is 0.761. The van der Waals surface area contributed by atoms with Gasteiger partial charge in [0.1, 0.15) is 11.3 Å². The van der Waals surface area contributed by atoms with E-state index in [1.165, 1.54) is 29.8 Å². The van der Waals surface area contributed by atoms with Crippen LogP contribution >= 0.6 is 0 Å². The molecule has 132 valence electrons. The Hall–Kier alpha value is -3.31. The highest BCUT2D eigenvalue weighted by Crippen LogP contribution is 2.19. The number of aryl methyl sites for hydroxylation is 1. The van der Waals surface area contributed by atoms with Crippen LogP contribution in [0.4, 0.5) is 10.1 Å². The van der Waals surface area contributed by atoms with Gasteiger partial charge in [-0.1, -0.05) is 5.21 Å². The van der Waals surface area contributed by atoms with E-state index in [0.29, 0.717) is 27.8 Å². The Bertz CT molecular complexity index is 1040. The summed E-state index contributed by atoms with van der Waals surface area (Å²) in [6.45, 7) is 2.96. The fourth-order valence-corrected chi connectivity index (χ4v) is 2.56. The number of halogens is 1. The molecule has 8 heteroatoms. The molecule has 2 N–H and O–H groups in total. The molecule has 1 amide bonds. The van der Waals surface area contributed by atoms with Gasteiger partial charge in [-0.05, 0) is 49.7 Å². The Balaban J connectivity index is 1.79. The molecule has 1 aromatic heterocycles. The number of aliphatic hydroxyl groups is 1. The van der Waals surface area contributed by atoms with E-state index in [-0.39, 0.29) is 6.54 Å². The molecule has 0 aliphatic carbocycles. The average molecular weight is 353 g/mol. The van der Waals surface area contributed by atoms with E-state index in [9.17, 15) is 14.3 Å². The molecule has 0 radical (unpaired) electrons. The van der Waals surface area contributed by atoms with E-state index >= 15 is 0 Å². The van der Waals surface area contributed by atoms with Crippen LogP contribution in [-0.2, 0) is 11.3 Å². The number of carbonyl (C=O) groups excluding carboxylic acids is 1. The lowest BCUT2D eigenvalue weighted by atomic mass is 10.0. The van der Waals surface area contributed by atoms with Crippen LogP contribution in [0.1, 0.15) is 18.1 Å². The van der Waals surface area contributed by atoms with Crippen molar-refractivity contribution in [2.75, 3.05) is 5.32 Å². The number of hydrogen-bond donors (Lipinski definition) is 2. The highest BCUT2D eigenvalue weighted by Gasteiger charge is 2.32. The van der Waals surface area contributed by atoms with Gasteiger partial charge >= 0.3 is 0 Å². The summed E-state index contributed by atoms with van der Waals surface area (Å²) in [5, 5.41) is 29.9. The van der Waals surface area contributed by atoms with Crippen LogP contribution in [0.3, 0.4) is 0 Å². The van der Waals surface area contributed by atoms with Crippen LogP contribution < -0.4 is 5.32 Å². The zero-order chi connectivity index (χ0) is 18.9. The third kappa shape index (κ3) is 3.38. The van der Waals surface area contributed by atoms with Gasteiger partial charge in [0.05, 0.1) is 23.7 Å². The van der Waals surface area contributed by atoms with Crippen molar-refractivity contribution in [2.24, 2.45) is 0 Å². The summed E-state index contributed by atoms with van der Waals surface area (Å²) >= 11 is 0. The monoisotopic (exact) mass is 353 g/mol. The minimum Gasteiger partial charge on any atom is -0.378 e. The van der Waals surface area contributed by atoms with Crippen LogP contribution in [0.2, 0.25) is 0 Å². The van der Waals surface area contributed by atoms with E-state index < -0.39 is 17.3 Å². The van der Waals surface area contributed by atoms with E-state index in [1.54, 1.807) is 25.1 Å². The summed E-state index contributed by atoms with van der Waals surface area (Å²) < 4.78 is 14.6. The van der Waals surface area contributed by atoms with Crippen LogP contribution in [0.5, 0.6) is 0 Å². The number of nitriles is 1. The molecular formula is C18H16FN5O2. The SMILES string of the molecule is Cc1cc(NC(=O)[C@@](C)(O)Cn2nnc3cc(F)ccc32)ccc1C#N. The Morgan fingerprint density at radius 3 is 2.85 bits per heavy atom. The van der Waals surface area contributed by atoms with Crippen LogP contribution in [-0.4, -0.2) is 31.6 Å². The molecule has 1 atom stereocenters. The van der Waals surface area contributed by atoms with Crippen molar-refractivity contribution in [3.05, 3.63) is 53.3 Å². The van der Waals surface area contributed by atoms with Crippen molar-refractivity contribution in [3.8, 4) is 6.07 Å². The highest BCUT2D eigenvalue weighted by atomic mass is 19.1. The lowest BCUT2D eigenvalue weighted by Gasteiger charge is -2.22. The summed E-state index contributed by atoms with van der Waals surface area (Å²) in [5.74, 6) is -1.07. The summed E-state index contributed by atoms with van der Waals surface area (Å²) in [4.78, 5) is 12.5. The molecule has 26 heavy (non-hydrogen) atoms. The second-order valence-electron chi connectivity index (χ2n) is 6.25. The van der Waals surface area contributed by atoms with Gasteiger partial charge in [-0.2, -0.15) is 5.26 Å². The van der Waals surface area contributed by atoms with Crippen LogP contribution in [0, 0.1) is 24.1 Å². The molecular weight excluding hydrogens is 337 g/mol. The number of amides is 1. The average Bonchev–Trinajstić information content (AvgIpc) is 2.96. The molecule has 0 saturated heterocycles. The Kier molecular flexibility index (Phi) is 4.40. The maximum Gasteiger partial charge on any atom is 0.257 e. The molecule has 0 spiro atoms. The van der Waals surface area contributed by atoms with Gasteiger partial charge in [-0.15, -0.1) is 5.10 Å². The van der Waals surface area contributed by atoms with Crippen LogP contribution in [0.25, 0.3) is 11.0 Å². The van der Waals surface area contributed by atoms with Crippen molar-refractivity contribution in [2.45, 2.75) is 26.0 Å². The first kappa shape index (κ1) is 17.5. The highest BCUT2D eigenvalue weighted by molar-refractivity contribution is 5.97. The van der Waals surface area contributed by atoms with E-state index in [1.807, 2.05) is 6.07 Å². The summed E-state index contributed by atoms with van der Waals surface area (Å²) in [6, 6.07) is 10.9. The topological polar surface area (TPSA) is 104 Å². The lowest BCUT2D eigenvalue weighted by Crippen LogP contribution is -2.44. The molecule has 0 unspecified atom stereocenters. The number of aromatic nitrogens is 3. The molecule has 0 bridgehead atoms. The second-order valence-corrected chi connectivity index (χ2v) is 6.25. The third-order valence-electron chi connectivity index (χ3n) is 4.03. The van der Waals surface area contributed by atoms with Gasteiger partial charge in [0.25, 0.3) is 5.91 Å². The molecule has 7 nitrogen and oxygen atoms in total. The zero-order valence-electron chi connectivity index (χ0n) is 14.2. The van der Waals surface area contributed by atoms with Crippen molar-refractivity contribution in [3.63, 3.8) is 0 Å². The van der Waals surface area contributed by atoms with E-state index in [2.05, 4.69) is 15.6 Å². The Labute approximate surface area is 148 Å². The number of carbonyl (C=O) groups is 1. The van der Waals surface area contributed by atoms with Gasteiger partial charge in [0.15, 0.2) is 5.60 Å². The van der Waals surface area contributed by atoms with Crippen molar-refractivity contribution in [1.29, 1.82) is 5.26 Å². The number of benzene rings is 2. The minimum atomic E-state index is -1.78. The van der Waals surface area contributed by atoms with Gasteiger partial charge in [-0.25, -0.2) is 9.07 Å². The van der Waals surface area contributed by atoms with Gasteiger partial charge in [-0.3, -0.25) is 4.79 Å². The first-order chi connectivity index (χ1) is 12.3. The molecule has 0 aliphatic heterocycles. The Morgan fingerprint density at radius 2 is 2.15 bits per heavy atom. The largest absolute Gasteiger partial charge is 0.378 e. The standard InChI is InChI=1S/C18H16FN5O2/c1-11-7-14(5-3-12(11)9-20)21-17(25)18(2,26)10-24-16-6-4-13(19)8-15(16)22-23-24/h3-8,26H,10H2,1-2H3,(H,21,25)/t18-/m0/s1. The van der Waals surface area contributed by atoms with E-state index in [0.717, 1.165) is 0 Å². The number of nitrogens with one attached hydrogen (secondary N) is 1. The molecule has 3 aromatic rings. The predicted molar refractivity (Wildman–Crippen MR) is 92.6 cm³/mol. The van der Waals surface area contributed by atoms with Crippen molar-refractivity contribution in [1.82, 2.24) is 15.0 Å². The zero-order valence-corrected chi connectivity index (χ0v) is 14.2. The van der Waals surface area contributed by atoms with Gasteiger partial charge in [0.2, 0.25) is 0 Å². The maximum absolute atomic E-state index is 13.2. The summed E-state index contributed by atoms with van der Waals surface area (Å²) in [7, 11) is 0. The fraction of sp³-hybridized carbons (Fsp3) is 0.222. The van der Waals surface area contributed by atoms with E-state index in [4.69, 9.17) is 5.26 Å². The quantitative estimate of drug-likeness (QED) is 0.748. The number of fused-ring (bicyclic) bond motifs is 1. The lowest BCUT2D eigenvalue weighted by molar-refractivity contribution is -0.133. The number of rotatable bonds is 4. The first-order valence-electron chi connectivity index (χ1n) is 7.83. The maximum atomic E-state index is 13.2. The first-order valence-corrected chi connectivity index (χ1v) is 7.83. The third-order valence-corrected chi connectivity index (χ3v) is 4.03. The minimum absolute atomic E-state index is 0.157. The number of hydrogen-bond acceptors (Lipinski definition) is 5. The smallest absolute Gasteiger partial charge is 0.257 e. The van der Waals surface area contributed by atoms with Gasteiger partial charge < -0.3 is 10.4 Å². The van der Waals surface area contributed by atoms with Crippen LogP contribution in [0.15, 0.2) is 36.4 Å². The molecule has 1 heterocycles. The predicted octanol–water partition coefficient (Wildman–Crippen LogP) is 2.14. The number of anilines is 1. The molecule has 0 aliphatic rings. The number of nitrogens with zero attached hydrogens (tertiary/aromatic N) is 4. The van der Waals surface area contributed by atoms with Crippen molar-refractivity contribution < 1.29 is 14.3 Å². The molecule has 3 rings (SSSR count). The molecule has 0 saturated carbocycles. The Morgan fingerprint density at radius 1 is 1.38 bits per heavy atom. The van der Waals surface area contributed by atoms with Crippen molar-refractivity contribution >= 4 is 22.6 Å². The second kappa shape index (κ2) is 6.54. The molecule has 0 fully saturated rings. The molecule has 2 aromatic carbocycles.